The summed E-state index contributed by atoms with van der Waals surface area (Å²) >= 11 is 1.63. The van der Waals surface area contributed by atoms with Crippen LogP contribution in [0.5, 0.6) is 0 Å². The van der Waals surface area contributed by atoms with Gasteiger partial charge in [0.2, 0.25) is 5.91 Å². The number of nitrogens with one attached hydrogen (secondary N) is 1. The predicted molar refractivity (Wildman–Crippen MR) is 141 cm³/mol. The second kappa shape index (κ2) is 14.2. The van der Waals surface area contributed by atoms with Crippen molar-refractivity contribution in [2.75, 3.05) is 6.61 Å². The smallest absolute Gasteiger partial charge is 0.307 e. The van der Waals surface area contributed by atoms with E-state index in [-0.39, 0.29) is 51.9 Å². The topological polar surface area (TPSA) is 140 Å². The Kier molecular flexibility index (Phi) is 12.7. The number of amides is 1. The summed E-state index contributed by atoms with van der Waals surface area (Å²) in [6.45, 7) is 14.7. The summed E-state index contributed by atoms with van der Waals surface area (Å²) in [5.74, 6) is -1.64. The van der Waals surface area contributed by atoms with Crippen LogP contribution in [0.1, 0.15) is 87.0 Å². The monoisotopic (exact) mass is 500 g/mol. The maximum Gasteiger partial charge on any atom is 0.307 e. The standard InChI is InChI=1S/C25H48N4O4S/c1-8-11-12-25(6,7)33-14-15(4)34-22-18(23(31)32)13-19(29-24(26)27)20(22)21(28-16(5)30)17(9-2)10-3/h15,17-22H,8-14H2,1-7H3,(H,28,30)(H,31,32)(H4,26,27,29)/t15?,18-,19+,20+,21+,22+/m0/s1. The molecule has 0 aromatic heterocycles. The Bertz CT molecular complexity index is 680. The van der Waals surface area contributed by atoms with Gasteiger partial charge in [-0.3, -0.25) is 9.59 Å². The van der Waals surface area contributed by atoms with E-state index in [1.54, 1.807) is 11.8 Å². The number of aliphatic carboxylic acids is 1. The van der Waals surface area contributed by atoms with Crippen LogP contribution in [0.25, 0.3) is 0 Å². The summed E-state index contributed by atoms with van der Waals surface area (Å²) in [6.07, 6.45) is 5.29. The molecule has 0 spiro atoms. The lowest BCUT2D eigenvalue weighted by atomic mass is 9.81. The largest absolute Gasteiger partial charge is 0.481 e. The van der Waals surface area contributed by atoms with Crippen molar-refractivity contribution in [3.8, 4) is 0 Å². The lowest BCUT2D eigenvalue weighted by Crippen LogP contribution is -2.50. The normalized spacial score (nSPS) is 24.6. The van der Waals surface area contributed by atoms with Crippen LogP contribution < -0.4 is 16.8 Å². The molecule has 0 aliphatic heterocycles. The van der Waals surface area contributed by atoms with E-state index in [0.717, 1.165) is 32.1 Å². The lowest BCUT2D eigenvalue weighted by Gasteiger charge is -2.38. The summed E-state index contributed by atoms with van der Waals surface area (Å²) < 4.78 is 6.24. The van der Waals surface area contributed by atoms with Crippen LogP contribution in [0.15, 0.2) is 4.99 Å². The molecule has 0 saturated heterocycles. The van der Waals surface area contributed by atoms with Crippen LogP contribution in [0.3, 0.4) is 0 Å². The van der Waals surface area contributed by atoms with Crippen LogP contribution in [0.4, 0.5) is 0 Å². The number of carboxylic acid groups (broad SMARTS) is 1. The number of unbranched alkanes of at least 4 members (excludes halogenated alkanes) is 1. The molecule has 1 unspecified atom stereocenters. The van der Waals surface area contributed by atoms with E-state index in [9.17, 15) is 14.7 Å². The Morgan fingerprint density at radius 3 is 2.32 bits per heavy atom. The first-order chi connectivity index (χ1) is 15.9. The molecule has 1 fully saturated rings. The zero-order chi connectivity index (χ0) is 26.1. The SMILES string of the molecule is CCCCC(C)(C)OCC(C)S[C@H]1[C@@H]([C@H](NC(C)=O)C(CC)CC)[C@H](N=C(N)N)C[C@@H]1C(=O)O. The van der Waals surface area contributed by atoms with E-state index < -0.39 is 11.9 Å². The van der Waals surface area contributed by atoms with Crippen molar-refractivity contribution in [2.24, 2.45) is 34.2 Å². The molecular formula is C25H48N4O4S. The number of thioether (sulfide) groups is 1. The minimum absolute atomic E-state index is 0.0510. The second-order valence-corrected chi connectivity index (χ2v) is 11.9. The van der Waals surface area contributed by atoms with Crippen molar-refractivity contribution < 1.29 is 19.4 Å². The number of hydrogen-bond donors (Lipinski definition) is 4. The number of guanidine groups is 1. The number of hydrogen-bond acceptors (Lipinski definition) is 5. The van der Waals surface area contributed by atoms with E-state index in [4.69, 9.17) is 16.2 Å². The summed E-state index contributed by atoms with van der Waals surface area (Å²) in [5, 5.41) is 13.1. The third kappa shape index (κ3) is 9.29. The fourth-order valence-corrected chi connectivity index (χ4v) is 6.76. The van der Waals surface area contributed by atoms with E-state index in [2.05, 4.69) is 51.9 Å². The maximum atomic E-state index is 12.3. The van der Waals surface area contributed by atoms with Gasteiger partial charge in [0.1, 0.15) is 0 Å². The average Bonchev–Trinajstić information content (AvgIpc) is 3.07. The molecule has 1 aliphatic carbocycles. The first-order valence-corrected chi connectivity index (χ1v) is 13.7. The van der Waals surface area contributed by atoms with E-state index in [1.165, 1.54) is 6.92 Å². The molecule has 8 nitrogen and oxygen atoms in total. The first kappa shape index (κ1) is 30.6. The number of nitrogens with two attached hydrogens (primary N) is 2. The van der Waals surface area contributed by atoms with Gasteiger partial charge in [0.15, 0.2) is 5.96 Å². The number of nitrogens with zero attached hydrogens (tertiary/aromatic N) is 1. The van der Waals surface area contributed by atoms with Crippen LogP contribution in [-0.4, -0.2) is 57.7 Å². The molecule has 34 heavy (non-hydrogen) atoms. The van der Waals surface area contributed by atoms with Gasteiger partial charge >= 0.3 is 5.97 Å². The third-order valence-corrected chi connectivity index (χ3v) is 8.48. The van der Waals surface area contributed by atoms with Gasteiger partial charge in [-0.25, -0.2) is 4.99 Å². The molecule has 6 atom stereocenters. The van der Waals surface area contributed by atoms with Crippen LogP contribution in [0.2, 0.25) is 0 Å². The highest BCUT2D eigenvalue weighted by molar-refractivity contribution is 8.00. The minimum atomic E-state index is -0.849. The highest BCUT2D eigenvalue weighted by atomic mass is 32.2. The Hall–Kier alpha value is -1.48. The summed E-state index contributed by atoms with van der Waals surface area (Å²) in [5.41, 5.74) is 11.3. The van der Waals surface area contributed by atoms with Crippen molar-refractivity contribution in [1.82, 2.24) is 5.32 Å². The second-order valence-electron chi connectivity index (χ2n) is 10.3. The van der Waals surface area contributed by atoms with Crippen molar-refractivity contribution in [2.45, 2.75) is 115 Å². The van der Waals surface area contributed by atoms with E-state index in [1.807, 2.05) is 0 Å². The van der Waals surface area contributed by atoms with Gasteiger partial charge in [-0.1, -0.05) is 53.4 Å². The minimum Gasteiger partial charge on any atom is -0.481 e. The number of carbonyl (C=O) groups excluding carboxylic acids is 1. The predicted octanol–water partition coefficient (Wildman–Crippen LogP) is 3.77. The van der Waals surface area contributed by atoms with E-state index in [0.29, 0.717) is 13.0 Å². The van der Waals surface area contributed by atoms with Crippen LogP contribution in [0, 0.1) is 17.8 Å². The molecule has 1 saturated carbocycles. The molecule has 0 bridgehead atoms. The van der Waals surface area contributed by atoms with Gasteiger partial charge in [-0.2, -0.15) is 11.8 Å². The van der Waals surface area contributed by atoms with Gasteiger partial charge < -0.3 is 26.6 Å². The summed E-state index contributed by atoms with van der Waals surface area (Å²) in [6, 6.07) is -0.577. The number of aliphatic imine (C=N–C) groups is 1. The quantitative estimate of drug-likeness (QED) is 0.198. The van der Waals surface area contributed by atoms with Crippen molar-refractivity contribution in [3.05, 3.63) is 0 Å². The van der Waals surface area contributed by atoms with Crippen molar-refractivity contribution in [1.29, 1.82) is 0 Å². The highest BCUT2D eigenvalue weighted by Crippen LogP contribution is 2.47. The maximum absolute atomic E-state index is 12.3. The zero-order valence-electron chi connectivity index (χ0n) is 22.2. The van der Waals surface area contributed by atoms with Gasteiger partial charge in [-0.15, -0.1) is 0 Å². The molecule has 0 aromatic rings. The Morgan fingerprint density at radius 1 is 1.24 bits per heavy atom. The number of ether oxygens (including phenoxy) is 1. The fraction of sp³-hybridized carbons (Fsp3) is 0.880. The number of carboxylic acids is 1. The molecule has 6 N–H and O–H groups in total. The van der Waals surface area contributed by atoms with Gasteiger partial charge in [0, 0.05) is 29.4 Å². The molecule has 1 rings (SSSR count). The van der Waals surface area contributed by atoms with Crippen molar-refractivity contribution >= 4 is 29.6 Å². The Morgan fingerprint density at radius 2 is 1.85 bits per heavy atom. The molecule has 9 heteroatoms. The third-order valence-electron chi connectivity index (χ3n) is 6.92. The van der Waals surface area contributed by atoms with Gasteiger partial charge in [0.25, 0.3) is 0 Å². The van der Waals surface area contributed by atoms with Crippen LogP contribution >= 0.6 is 11.8 Å². The average molecular weight is 501 g/mol. The van der Waals surface area contributed by atoms with Crippen molar-refractivity contribution in [3.63, 3.8) is 0 Å². The molecule has 0 heterocycles. The molecular weight excluding hydrogens is 452 g/mol. The molecule has 1 amide bonds. The number of rotatable bonds is 15. The molecule has 198 valence electrons. The summed E-state index contributed by atoms with van der Waals surface area (Å²) in [7, 11) is 0. The Labute approximate surface area is 210 Å². The van der Waals surface area contributed by atoms with Crippen LogP contribution in [-0.2, 0) is 14.3 Å². The molecule has 1 aliphatic rings. The van der Waals surface area contributed by atoms with Gasteiger partial charge in [-0.05, 0) is 32.6 Å². The zero-order valence-corrected chi connectivity index (χ0v) is 23.0. The molecule has 0 aromatic carbocycles. The first-order valence-electron chi connectivity index (χ1n) is 12.7. The van der Waals surface area contributed by atoms with Gasteiger partial charge in [0.05, 0.1) is 24.2 Å². The molecule has 0 radical (unpaired) electrons. The summed E-state index contributed by atoms with van der Waals surface area (Å²) in [4.78, 5) is 29.0. The lowest BCUT2D eigenvalue weighted by molar-refractivity contribution is -0.141. The fourth-order valence-electron chi connectivity index (χ4n) is 5.12. The number of carbonyl (C=O) groups is 2. The highest BCUT2D eigenvalue weighted by Gasteiger charge is 2.52. The van der Waals surface area contributed by atoms with E-state index >= 15 is 0 Å². The Balaban J connectivity index is 3.26.